The number of carbonyl (C=O) groups excluding carboxylic acids is 1. The molecule has 0 saturated carbocycles. The molecule has 0 aliphatic heterocycles. The lowest BCUT2D eigenvalue weighted by Gasteiger charge is -2.19. The summed E-state index contributed by atoms with van der Waals surface area (Å²) in [7, 11) is -4.02. The number of hydrogen-bond acceptors (Lipinski definition) is 4. The van der Waals surface area contributed by atoms with Gasteiger partial charge in [-0.25, -0.2) is 13.1 Å². The Bertz CT molecular complexity index is 1170. The molecule has 1 amide bonds. The van der Waals surface area contributed by atoms with Gasteiger partial charge in [0.1, 0.15) is 12.4 Å². The predicted molar refractivity (Wildman–Crippen MR) is 125 cm³/mol. The van der Waals surface area contributed by atoms with Crippen LogP contribution in [0.3, 0.4) is 0 Å². The minimum atomic E-state index is -4.02. The average molecular weight is 502 g/mol. The number of carbonyl (C=O) groups is 1. The first-order valence-corrected chi connectivity index (χ1v) is 12.0. The number of amides is 1. The number of rotatable bonds is 6. The average Bonchev–Trinajstić information content (AvgIpc) is 2.73. The molecule has 0 atom stereocenters. The lowest BCUT2D eigenvalue weighted by atomic mass is 9.87. The van der Waals surface area contributed by atoms with Gasteiger partial charge >= 0.3 is 0 Å². The van der Waals surface area contributed by atoms with Crippen LogP contribution in [0.25, 0.3) is 0 Å². The molecule has 0 aromatic heterocycles. The van der Waals surface area contributed by atoms with Crippen LogP contribution in [0.1, 0.15) is 42.3 Å². The van der Waals surface area contributed by atoms with Gasteiger partial charge in [-0.15, -0.1) is 0 Å². The summed E-state index contributed by atoms with van der Waals surface area (Å²) in [6, 6.07) is 20.7. The molecule has 0 unspecified atom stereocenters. The van der Waals surface area contributed by atoms with E-state index in [1.807, 2.05) is 45.0 Å². The van der Waals surface area contributed by atoms with E-state index in [0.29, 0.717) is 5.75 Å². The molecule has 0 radical (unpaired) electrons. The number of para-hydroxylation sites is 1. The molecular formula is C24H24BrNO4S. The maximum Gasteiger partial charge on any atom is 0.268 e. The summed E-state index contributed by atoms with van der Waals surface area (Å²) in [6.07, 6.45) is 0. The van der Waals surface area contributed by atoms with Crippen molar-refractivity contribution in [2.75, 3.05) is 0 Å². The summed E-state index contributed by atoms with van der Waals surface area (Å²) in [4.78, 5) is 12.8. The zero-order valence-corrected chi connectivity index (χ0v) is 20.0. The molecule has 1 N–H and O–H groups in total. The van der Waals surface area contributed by atoms with Crippen molar-refractivity contribution in [2.45, 2.75) is 37.7 Å². The van der Waals surface area contributed by atoms with E-state index in [1.54, 1.807) is 30.3 Å². The largest absolute Gasteiger partial charge is 0.488 e. The first kappa shape index (κ1) is 23.0. The van der Waals surface area contributed by atoms with Crippen LogP contribution in [-0.2, 0) is 22.0 Å². The first-order valence-electron chi connectivity index (χ1n) is 9.70. The number of hydrogen-bond donors (Lipinski definition) is 1. The molecule has 0 saturated heterocycles. The van der Waals surface area contributed by atoms with Gasteiger partial charge in [0.15, 0.2) is 0 Å². The minimum Gasteiger partial charge on any atom is -0.488 e. The molecule has 3 rings (SSSR count). The van der Waals surface area contributed by atoms with Crippen molar-refractivity contribution in [3.63, 3.8) is 0 Å². The molecule has 0 fully saturated rings. The van der Waals surface area contributed by atoms with Crippen LogP contribution in [0, 0.1) is 0 Å². The van der Waals surface area contributed by atoms with Gasteiger partial charge in [-0.2, -0.15) is 0 Å². The van der Waals surface area contributed by atoms with E-state index in [0.717, 1.165) is 15.6 Å². The van der Waals surface area contributed by atoms with E-state index in [2.05, 4.69) is 20.7 Å². The van der Waals surface area contributed by atoms with Crippen molar-refractivity contribution in [3.8, 4) is 5.75 Å². The number of nitrogens with one attached hydrogen (secondary N) is 1. The summed E-state index contributed by atoms with van der Waals surface area (Å²) in [5.74, 6) is -0.437. The van der Waals surface area contributed by atoms with Gasteiger partial charge in [0.2, 0.25) is 0 Å². The molecule has 0 spiro atoms. The van der Waals surface area contributed by atoms with Gasteiger partial charge < -0.3 is 4.74 Å². The lowest BCUT2D eigenvalue weighted by molar-refractivity contribution is 0.0977. The van der Waals surface area contributed by atoms with Crippen molar-refractivity contribution in [2.24, 2.45) is 0 Å². The highest BCUT2D eigenvalue weighted by atomic mass is 79.9. The maximum absolute atomic E-state index is 12.8. The van der Waals surface area contributed by atoms with E-state index in [4.69, 9.17) is 4.74 Å². The standard InChI is InChI=1S/C24H24BrNO4S/c1-24(2,3)18-10-14-20(15-11-18)31(28,29)26-23(27)21-6-4-5-7-22(21)30-16-17-8-12-19(25)13-9-17/h4-15H,16H2,1-3H3,(H,26,27). The summed E-state index contributed by atoms with van der Waals surface area (Å²) >= 11 is 3.38. The number of halogens is 1. The normalized spacial score (nSPS) is 11.7. The predicted octanol–water partition coefficient (Wildman–Crippen LogP) is 5.44. The zero-order valence-electron chi connectivity index (χ0n) is 17.6. The Morgan fingerprint density at radius 3 is 2.16 bits per heavy atom. The van der Waals surface area contributed by atoms with Gasteiger partial charge in [0.05, 0.1) is 10.5 Å². The van der Waals surface area contributed by atoms with E-state index in [-0.39, 0.29) is 22.5 Å². The SMILES string of the molecule is CC(C)(C)c1ccc(S(=O)(=O)NC(=O)c2ccccc2OCc2ccc(Br)cc2)cc1. The molecule has 31 heavy (non-hydrogen) atoms. The Kier molecular flexibility index (Phi) is 6.86. The van der Waals surface area contributed by atoms with Crippen LogP contribution in [0.2, 0.25) is 0 Å². The zero-order chi connectivity index (χ0) is 22.6. The second kappa shape index (κ2) is 9.24. The van der Waals surface area contributed by atoms with Crippen LogP contribution in [0.4, 0.5) is 0 Å². The molecule has 0 bridgehead atoms. The molecule has 0 aliphatic rings. The second-order valence-corrected chi connectivity index (χ2v) is 10.7. The van der Waals surface area contributed by atoms with E-state index in [9.17, 15) is 13.2 Å². The second-order valence-electron chi connectivity index (χ2n) is 8.12. The Morgan fingerprint density at radius 1 is 0.935 bits per heavy atom. The number of benzene rings is 3. The topological polar surface area (TPSA) is 72.5 Å². The van der Waals surface area contributed by atoms with Crippen LogP contribution in [0.5, 0.6) is 5.75 Å². The number of sulfonamides is 1. The highest BCUT2D eigenvalue weighted by molar-refractivity contribution is 9.10. The Hall–Kier alpha value is -2.64. The third kappa shape index (κ3) is 5.95. The van der Waals surface area contributed by atoms with Crippen molar-refractivity contribution in [1.82, 2.24) is 4.72 Å². The van der Waals surface area contributed by atoms with E-state index >= 15 is 0 Å². The van der Waals surface area contributed by atoms with E-state index < -0.39 is 15.9 Å². The highest BCUT2D eigenvalue weighted by Crippen LogP contribution is 2.24. The molecule has 162 valence electrons. The fraction of sp³-hybridized carbons (Fsp3) is 0.208. The molecule has 7 heteroatoms. The lowest BCUT2D eigenvalue weighted by Crippen LogP contribution is -2.31. The molecule has 0 heterocycles. The van der Waals surface area contributed by atoms with Gasteiger partial charge in [0.25, 0.3) is 15.9 Å². The van der Waals surface area contributed by atoms with E-state index in [1.165, 1.54) is 18.2 Å². The van der Waals surface area contributed by atoms with Crippen molar-refractivity contribution < 1.29 is 17.9 Å². The fourth-order valence-electron chi connectivity index (χ4n) is 2.89. The summed E-state index contributed by atoms with van der Waals surface area (Å²) in [6.45, 7) is 6.38. The van der Waals surface area contributed by atoms with Crippen molar-refractivity contribution >= 4 is 31.9 Å². The molecular weight excluding hydrogens is 478 g/mol. The maximum atomic E-state index is 12.8. The molecule has 0 aliphatic carbocycles. The minimum absolute atomic E-state index is 0.0297. The summed E-state index contributed by atoms with van der Waals surface area (Å²) in [5.41, 5.74) is 1.97. The van der Waals surface area contributed by atoms with Gasteiger partial charge in [-0.05, 0) is 52.9 Å². The summed E-state index contributed by atoms with van der Waals surface area (Å²) in [5, 5.41) is 0. The van der Waals surface area contributed by atoms with Gasteiger partial charge in [-0.1, -0.05) is 73.1 Å². The quantitative estimate of drug-likeness (QED) is 0.487. The number of ether oxygens (including phenoxy) is 1. The van der Waals surface area contributed by atoms with Crippen molar-refractivity contribution in [3.05, 3.63) is 94.0 Å². The third-order valence-corrected chi connectivity index (χ3v) is 6.57. The van der Waals surface area contributed by atoms with Gasteiger partial charge in [-0.3, -0.25) is 4.79 Å². The fourth-order valence-corrected chi connectivity index (χ4v) is 4.12. The Morgan fingerprint density at radius 2 is 1.55 bits per heavy atom. The highest BCUT2D eigenvalue weighted by Gasteiger charge is 2.22. The van der Waals surface area contributed by atoms with Crippen LogP contribution >= 0.6 is 15.9 Å². The third-order valence-electron chi connectivity index (χ3n) is 4.70. The molecule has 5 nitrogen and oxygen atoms in total. The Labute approximate surface area is 191 Å². The first-order chi connectivity index (χ1) is 14.6. The van der Waals surface area contributed by atoms with Crippen LogP contribution in [-0.4, -0.2) is 14.3 Å². The van der Waals surface area contributed by atoms with Crippen molar-refractivity contribution in [1.29, 1.82) is 0 Å². The molecule has 3 aromatic rings. The summed E-state index contributed by atoms with van der Waals surface area (Å²) < 4.78 is 34.3. The Balaban J connectivity index is 1.76. The smallest absolute Gasteiger partial charge is 0.268 e. The molecule has 3 aromatic carbocycles. The monoisotopic (exact) mass is 501 g/mol. The van der Waals surface area contributed by atoms with Crippen LogP contribution < -0.4 is 9.46 Å². The van der Waals surface area contributed by atoms with Crippen LogP contribution in [0.15, 0.2) is 82.2 Å². The van der Waals surface area contributed by atoms with Gasteiger partial charge in [0, 0.05) is 4.47 Å².